The number of nitrogens with zero attached hydrogens (tertiary/aromatic N) is 1. The van der Waals surface area contributed by atoms with Gasteiger partial charge in [0, 0.05) is 40.1 Å². The summed E-state index contributed by atoms with van der Waals surface area (Å²) in [7, 11) is 0. The summed E-state index contributed by atoms with van der Waals surface area (Å²) in [5.41, 5.74) is 2.25. The maximum atomic E-state index is 13.8. The highest BCUT2D eigenvalue weighted by atomic mass is 35.5. The average Bonchev–Trinajstić information content (AvgIpc) is 3.24. The number of carbonyl (C=O) groups is 3. The molecule has 2 aromatic rings. The fourth-order valence-electron chi connectivity index (χ4n) is 5.17. The number of rotatable bonds is 13. The van der Waals surface area contributed by atoms with Crippen molar-refractivity contribution in [3.63, 3.8) is 0 Å². The Bertz CT molecular complexity index is 1230. The lowest BCUT2D eigenvalue weighted by Gasteiger charge is -2.29. The predicted molar refractivity (Wildman–Crippen MR) is 154 cm³/mol. The number of halogens is 3. The second kappa shape index (κ2) is 14.0. The summed E-state index contributed by atoms with van der Waals surface area (Å²) in [5, 5.41) is 6.29. The Kier molecular flexibility index (Phi) is 10.7. The number of carbonyl (C=O) groups excluding carboxylic acids is 3. The highest BCUT2D eigenvalue weighted by Crippen LogP contribution is 2.35. The number of imide groups is 1. The lowest BCUT2D eigenvalue weighted by molar-refractivity contribution is -0.136. The van der Waals surface area contributed by atoms with Crippen molar-refractivity contribution in [3.8, 4) is 0 Å². The van der Waals surface area contributed by atoms with Crippen LogP contribution in [0.2, 0.25) is 10.0 Å². The van der Waals surface area contributed by atoms with Crippen LogP contribution in [0, 0.1) is 5.82 Å². The molecule has 3 amide bonds. The number of piperidine rings is 1. The van der Waals surface area contributed by atoms with Crippen LogP contribution in [0.4, 0.5) is 4.39 Å². The highest BCUT2D eigenvalue weighted by Gasteiger charge is 2.39. The van der Waals surface area contributed by atoms with Crippen LogP contribution in [-0.4, -0.2) is 41.0 Å². The van der Waals surface area contributed by atoms with Gasteiger partial charge in [-0.25, -0.2) is 4.39 Å². The van der Waals surface area contributed by atoms with E-state index in [-0.39, 0.29) is 35.2 Å². The largest absolute Gasteiger partial charge is 0.322 e. The van der Waals surface area contributed by atoms with Gasteiger partial charge in [0.15, 0.2) is 0 Å². The Balaban J connectivity index is 1.12. The van der Waals surface area contributed by atoms with E-state index in [0.29, 0.717) is 29.1 Å². The third kappa shape index (κ3) is 7.34. The minimum absolute atomic E-state index is 0.0825. The van der Waals surface area contributed by atoms with Gasteiger partial charge in [0.25, 0.3) is 5.91 Å². The van der Waals surface area contributed by atoms with Crippen LogP contribution in [0.15, 0.2) is 35.2 Å². The number of hydrogen-bond acceptors (Lipinski definition) is 5. The molecule has 2 heterocycles. The van der Waals surface area contributed by atoms with Crippen LogP contribution in [0.3, 0.4) is 0 Å². The zero-order chi connectivity index (χ0) is 27.9. The lowest BCUT2D eigenvalue weighted by atomic mass is 10.0. The summed E-state index contributed by atoms with van der Waals surface area (Å²) in [5.74, 6) is -0.279. The van der Waals surface area contributed by atoms with Crippen molar-refractivity contribution in [2.75, 3.05) is 12.3 Å². The third-order valence-corrected chi connectivity index (χ3v) is 9.23. The van der Waals surface area contributed by atoms with E-state index in [9.17, 15) is 18.8 Å². The Morgan fingerprint density at radius 3 is 2.59 bits per heavy atom. The first kappa shape index (κ1) is 29.8. The molecule has 0 saturated carbocycles. The average molecular weight is 595 g/mol. The summed E-state index contributed by atoms with van der Waals surface area (Å²) in [6.45, 7) is 3.16. The summed E-state index contributed by atoms with van der Waals surface area (Å²) >= 11 is 14.1. The molecule has 210 valence electrons. The van der Waals surface area contributed by atoms with Crippen molar-refractivity contribution in [1.82, 2.24) is 15.5 Å². The Morgan fingerprint density at radius 2 is 1.82 bits per heavy atom. The van der Waals surface area contributed by atoms with Gasteiger partial charge in [-0.3, -0.25) is 19.7 Å². The zero-order valence-corrected chi connectivity index (χ0v) is 24.4. The van der Waals surface area contributed by atoms with Gasteiger partial charge in [0.05, 0.1) is 5.02 Å². The number of benzene rings is 2. The molecule has 2 aliphatic heterocycles. The molecule has 0 bridgehead atoms. The van der Waals surface area contributed by atoms with E-state index in [0.717, 1.165) is 61.3 Å². The van der Waals surface area contributed by atoms with Crippen molar-refractivity contribution < 1.29 is 18.8 Å². The van der Waals surface area contributed by atoms with Crippen molar-refractivity contribution in [2.24, 2.45) is 0 Å². The molecule has 0 spiro atoms. The van der Waals surface area contributed by atoms with Gasteiger partial charge in [-0.05, 0) is 68.3 Å². The number of thioether (sulfide) groups is 1. The second-order valence-electron chi connectivity index (χ2n) is 10.1. The first-order chi connectivity index (χ1) is 18.8. The quantitative estimate of drug-likeness (QED) is 0.117. The van der Waals surface area contributed by atoms with Crippen LogP contribution in [0.1, 0.15) is 85.8 Å². The lowest BCUT2D eigenvalue weighted by Crippen LogP contribution is -2.52. The fourth-order valence-corrected chi connectivity index (χ4v) is 6.96. The molecule has 1 fully saturated rings. The summed E-state index contributed by atoms with van der Waals surface area (Å²) in [6, 6.07) is 7.88. The molecule has 10 heteroatoms. The van der Waals surface area contributed by atoms with Crippen LogP contribution < -0.4 is 10.6 Å². The van der Waals surface area contributed by atoms with Gasteiger partial charge in [0.1, 0.15) is 11.9 Å². The molecule has 2 N–H and O–H groups in total. The van der Waals surface area contributed by atoms with Gasteiger partial charge in [-0.15, -0.1) is 11.8 Å². The monoisotopic (exact) mass is 593 g/mol. The van der Waals surface area contributed by atoms with Gasteiger partial charge < -0.3 is 10.2 Å². The van der Waals surface area contributed by atoms with E-state index in [1.807, 2.05) is 25.1 Å². The Labute approximate surface area is 243 Å². The maximum Gasteiger partial charge on any atom is 0.255 e. The molecular formula is C29H34Cl2FN3O3S. The van der Waals surface area contributed by atoms with E-state index < -0.39 is 11.9 Å². The molecule has 1 saturated heterocycles. The topological polar surface area (TPSA) is 78.5 Å². The van der Waals surface area contributed by atoms with E-state index >= 15 is 0 Å². The van der Waals surface area contributed by atoms with Crippen LogP contribution in [0.25, 0.3) is 0 Å². The molecule has 4 rings (SSSR count). The van der Waals surface area contributed by atoms with Gasteiger partial charge in [-0.2, -0.15) is 0 Å². The summed E-state index contributed by atoms with van der Waals surface area (Å²) in [4.78, 5) is 39.5. The van der Waals surface area contributed by atoms with Crippen LogP contribution in [0.5, 0.6) is 0 Å². The van der Waals surface area contributed by atoms with E-state index in [1.165, 1.54) is 12.1 Å². The normalized spacial score (nSPS) is 17.9. The van der Waals surface area contributed by atoms with Crippen molar-refractivity contribution >= 4 is 52.7 Å². The Hall–Kier alpha value is -2.13. The molecule has 39 heavy (non-hydrogen) atoms. The predicted octanol–water partition coefficient (Wildman–Crippen LogP) is 6.68. The molecule has 6 nitrogen and oxygen atoms in total. The molecule has 0 aliphatic carbocycles. The number of nitrogens with one attached hydrogen (secondary N) is 2. The minimum Gasteiger partial charge on any atom is -0.322 e. The van der Waals surface area contributed by atoms with E-state index in [4.69, 9.17) is 23.2 Å². The summed E-state index contributed by atoms with van der Waals surface area (Å²) in [6.07, 6.45) is 7.31. The molecule has 2 aromatic carbocycles. The van der Waals surface area contributed by atoms with Crippen molar-refractivity contribution in [2.45, 2.75) is 81.8 Å². The summed E-state index contributed by atoms with van der Waals surface area (Å²) < 4.78 is 13.8. The molecule has 2 atom stereocenters. The number of hydrogen-bond donors (Lipinski definition) is 2. The standard InChI is InChI=1S/C29H34Cl2FN3O3S/c1-18(26-21(30)11-12-22(32)27(26)31)33-15-6-4-2-3-5-7-16-39-24-10-8-9-19-20(24)17-35(29(19)38)23-13-14-25(36)34-28(23)37/h8-12,18,23,33H,2-7,13-17H2,1H3,(H,34,36,37). The van der Waals surface area contributed by atoms with Crippen molar-refractivity contribution in [3.05, 3.63) is 62.9 Å². The SMILES string of the molecule is CC(NCCCCCCCCSc1cccc2c1CN(C1CCC(=O)NC1=O)C2=O)c1c(Cl)ccc(F)c1Cl. The number of fused-ring (bicyclic) bond motifs is 1. The van der Waals surface area contributed by atoms with Crippen LogP contribution >= 0.6 is 35.0 Å². The first-order valence-electron chi connectivity index (χ1n) is 13.5. The molecule has 0 aromatic heterocycles. The molecule has 2 unspecified atom stereocenters. The first-order valence-corrected chi connectivity index (χ1v) is 15.3. The smallest absolute Gasteiger partial charge is 0.255 e. The minimum atomic E-state index is -0.587. The molecule has 2 aliphatic rings. The van der Waals surface area contributed by atoms with Gasteiger partial charge in [-0.1, -0.05) is 55.0 Å². The molecule has 0 radical (unpaired) electrons. The van der Waals surface area contributed by atoms with E-state index in [1.54, 1.807) is 16.7 Å². The third-order valence-electron chi connectivity index (χ3n) is 7.33. The highest BCUT2D eigenvalue weighted by molar-refractivity contribution is 7.99. The number of amides is 3. The Morgan fingerprint density at radius 1 is 1.08 bits per heavy atom. The molecular weight excluding hydrogens is 560 g/mol. The number of unbranched alkanes of at least 4 members (excludes halogenated alkanes) is 5. The zero-order valence-electron chi connectivity index (χ0n) is 22.0. The van der Waals surface area contributed by atoms with Gasteiger partial charge >= 0.3 is 0 Å². The van der Waals surface area contributed by atoms with E-state index in [2.05, 4.69) is 10.6 Å². The maximum absolute atomic E-state index is 13.8. The second-order valence-corrected chi connectivity index (χ2v) is 12.0. The van der Waals surface area contributed by atoms with Crippen molar-refractivity contribution in [1.29, 1.82) is 0 Å². The van der Waals surface area contributed by atoms with Crippen LogP contribution in [-0.2, 0) is 16.1 Å². The fraction of sp³-hybridized carbons (Fsp3) is 0.483. The van der Waals surface area contributed by atoms with Gasteiger partial charge in [0.2, 0.25) is 11.8 Å².